The van der Waals surface area contributed by atoms with Gasteiger partial charge in [-0.3, -0.25) is 0 Å². The van der Waals surface area contributed by atoms with Gasteiger partial charge in [0.2, 0.25) is 0 Å². The van der Waals surface area contributed by atoms with Gasteiger partial charge in [-0.05, 0) is 63.4 Å². The van der Waals surface area contributed by atoms with Crippen molar-refractivity contribution >= 4 is 45.2 Å². The zero-order valence-corrected chi connectivity index (χ0v) is 25.3. The standard InChI is InChI=1S/C22H16I2N2.CH4O.2HI/c1-25-12-10-19(21(23)15-25)8-6-17-4-3-5-18(14-17)7-9-20-11-13-26(2)16-22(20)24;1-2;;/h3-5,10-16H,1-2H3;2H,1H3;2*1H/q+2;;;/p-2. The Balaban J connectivity index is 0.00000204. The van der Waals surface area contributed by atoms with Crippen LogP contribution in [0.3, 0.4) is 0 Å². The minimum absolute atomic E-state index is 0. The first-order chi connectivity index (χ1) is 13.5. The van der Waals surface area contributed by atoms with E-state index in [1.54, 1.807) is 0 Å². The first-order valence-corrected chi connectivity index (χ1v) is 10.6. The van der Waals surface area contributed by atoms with Crippen LogP contribution in [0, 0.1) is 30.8 Å². The lowest BCUT2D eigenvalue weighted by Gasteiger charge is -1.95. The molecule has 0 spiro atoms. The van der Waals surface area contributed by atoms with Crippen molar-refractivity contribution < 1.29 is 62.2 Å². The maximum atomic E-state index is 7.00. The van der Waals surface area contributed by atoms with Crippen molar-refractivity contribution in [2.24, 2.45) is 14.1 Å². The van der Waals surface area contributed by atoms with Crippen LogP contribution in [0.15, 0.2) is 61.2 Å². The molecule has 0 saturated heterocycles. The van der Waals surface area contributed by atoms with E-state index in [1.165, 1.54) is 0 Å². The van der Waals surface area contributed by atoms with Crippen LogP contribution in [0.5, 0.6) is 0 Å². The fourth-order valence-corrected chi connectivity index (χ4v) is 3.79. The number of benzene rings is 1. The van der Waals surface area contributed by atoms with Crippen molar-refractivity contribution in [3.8, 4) is 23.7 Å². The van der Waals surface area contributed by atoms with Gasteiger partial charge in [-0.1, -0.05) is 29.7 Å². The molecule has 0 atom stereocenters. The van der Waals surface area contributed by atoms with E-state index >= 15 is 0 Å². The van der Waals surface area contributed by atoms with Crippen LogP contribution in [0.2, 0.25) is 0 Å². The topological polar surface area (TPSA) is 28.0 Å². The zero-order valence-electron chi connectivity index (χ0n) is 16.6. The highest BCUT2D eigenvalue weighted by atomic mass is 127. The third-order valence-electron chi connectivity index (χ3n) is 3.65. The Morgan fingerprint density at radius 3 is 1.47 bits per heavy atom. The number of aryl methyl sites for hydroxylation is 2. The first-order valence-electron chi connectivity index (χ1n) is 8.40. The lowest BCUT2D eigenvalue weighted by atomic mass is 10.1. The van der Waals surface area contributed by atoms with Crippen molar-refractivity contribution in [1.82, 2.24) is 0 Å². The molecule has 0 aliphatic rings. The van der Waals surface area contributed by atoms with E-state index in [9.17, 15) is 0 Å². The van der Waals surface area contributed by atoms with Gasteiger partial charge in [-0.25, -0.2) is 9.13 Å². The first kappa shape index (κ1) is 29.5. The summed E-state index contributed by atoms with van der Waals surface area (Å²) in [4.78, 5) is 0. The largest absolute Gasteiger partial charge is 1.00 e. The second-order valence-electron chi connectivity index (χ2n) is 5.82. The SMILES string of the molecule is CO.C[n+]1ccc(C#Cc2cccc(C#Cc3cc[n+](C)cc3I)c2)c(I)c1.[I-].[I-]. The molecule has 2 aromatic heterocycles. The number of aliphatic hydroxyl groups excluding tert-OH is 1. The van der Waals surface area contributed by atoms with Crippen LogP contribution >= 0.6 is 45.2 Å². The lowest BCUT2D eigenvalue weighted by molar-refractivity contribution is -0.672. The molecule has 0 fully saturated rings. The monoisotopic (exact) mass is 848 g/mol. The smallest absolute Gasteiger partial charge is 0.183 e. The molecule has 156 valence electrons. The Hall–Kier alpha value is -0.480. The van der Waals surface area contributed by atoms with Crippen LogP contribution < -0.4 is 57.1 Å². The second kappa shape index (κ2) is 15.3. The molecular formula is C23H20I4N2O. The van der Waals surface area contributed by atoms with Gasteiger partial charge < -0.3 is 53.1 Å². The molecule has 0 aliphatic heterocycles. The summed E-state index contributed by atoms with van der Waals surface area (Å²) in [5.41, 5.74) is 4.00. The molecule has 1 N–H and O–H groups in total. The predicted molar refractivity (Wildman–Crippen MR) is 127 cm³/mol. The Labute approximate surface area is 240 Å². The summed E-state index contributed by atoms with van der Waals surface area (Å²) >= 11 is 4.62. The lowest BCUT2D eigenvalue weighted by Crippen LogP contribution is -3.00. The number of aliphatic hydroxyl groups is 1. The molecule has 3 aromatic rings. The van der Waals surface area contributed by atoms with E-state index in [2.05, 4.69) is 81.3 Å². The molecule has 0 aliphatic carbocycles. The summed E-state index contributed by atoms with van der Waals surface area (Å²) in [7, 11) is 5.02. The average molecular weight is 848 g/mol. The normalized spacial score (nSPS) is 8.60. The van der Waals surface area contributed by atoms with Crippen LogP contribution in [0.4, 0.5) is 0 Å². The Morgan fingerprint density at radius 2 is 1.10 bits per heavy atom. The molecule has 0 saturated carbocycles. The Bertz CT molecular complexity index is 1020. The average Bonchev–Trinajstić information content (AvgIpc) is 2.68. The van der Waals surface area contributed by atoms with E-state index < -0.39 is 0 Å². The molecular weight excluding hydrogens is 828 g/mol. The van der Waals surface area contributed by atoms with Crippen molar-refractivity contribution in [3.05, 3.63) is 90.6 Å². The van der Waals surface area contributed by atoms with Gasteiger partial charge in [-0.2, -0.15) is 0 Å². The number of pyridine rings is 2. The number of nitrogens with zero attached hydrogens (tertiary/aromatic N) is 2. The highest BCUT2D eigenvalue weighted by Crippen LogP contribution is 2.10. The molecule has 0 amide bonds. The molecule has 2 heterocycles. The molecule has 7 heteroatoms. The summed E-state index contributed by atoms with van der Waals surface area (Å²) < 4.78 is 6.33. The van der Waals surface area contributed by atoms with Crippen molar-refractivity contribution in [2.45, 2.75) is 0 Å². The number of rotatable bonds is 0. The van der Waals surface area contributed by atoms with Crippen molar-refractivity contribution in [2.75, 3.05) is 7.11 Å². The summed E-state index contributed by atoms with van der Waals surface area (Å²) in [5, 5.41) is 7.00. The Morgan fingerprint density at radius 1 is 0.700 bits per heavy atom. The van der Waals surface area contributed by atoms with Gasteiger partial charge in [-0.15, -0.1) is 0 Å². The van der Waals surface area contributed by atoms with Crippen LogP contribution in [0.1, 0.15) is 22.3 Å². The third kappa shape index (κ3) is 9.34. The van der Waals surface area contributed by atoms with Gasteiger partial charge in [0.25, 0.3) is 0 Å². The summed E-state index contributed by atoms with van der Waals surface area (Å²) in [6, 6.07) is 12.1. The molecule has 3 rings (SSSR count). The number of hydrogen-bond donors (Lipinski definition) is 1. The zero-order chi connectivity index (χ0) is 20.5. The Kier molecular flexibility index (Phi) is 15.1. The number of halogens is 4. The van der Waals surface area contributed by atoms with Gasteiger partial charge in [0.1, 0.15) is 14.1 Å². The van der Waals surface area contributed by atoms with Crippen LogP contribution in [-0.4, -0.2) is 12.2 Å². The van der Waals surface area contributed by atoms with E-state index in [0.29, 0.717) is 0 Å². The fraction of sp³-hybridized carbons (Fsp3) is 0.130. The molecule has 3 nitrogen and oxygen atoms in total. The summed E-state index contributed by atoms with van der Waals surface area (Å²) in [6.07, 6.45) is 8.15. The molecule has 1 aromatic carbocycles. The maximum Gasteiger partial charge on any atom is 0.183 e. The molecule has 0 bridgehead atoms. The van der Waals surface area contributed by atoms with E-state index in [1.807, 2.05) is 72.0 Å². The minimum Gasteiger partial charge on any atom is -1.00 e. The van der Waals surface area contributed by atoms with E-state index in [-0.39, 0.29) is 48.0 Å². The van der Waals surface area contributed by atoms with Gasteiger partial charge >= 0.3 is 0 Å². The van der Waals surface area contributed by atoms with E-state index in [4.69, 9.17) is 5.11 Å². The summed E-state index contributed by atoms with van der Waals surface area (Å²) in [6.45, 7) is 0. The highest BCUT2D eigenvalue weighted by molar-refractivity contribution is 14.1. The minimum atomic E-state index is 0. The molecule has 0 radical (unpaired) electrons. The van der Waals surface area contributed by atoms with Gasteiger partial charge in [0, 0.05) is 30.4 Å². The maximum absolute atomic E-state index is 7.00. The van der Waals surface area contributed by atoms with E-state index in [0.717, 1.165) is 36.5 Å². The summed E-state index contributed by atoms with van der Waals surface area (Å²) in [5.74, 6) is 13.0. The van der Waals surface area contributed by atoms with Crippen LogP contribution in [-0.2, 0) is 14.1 Å². The number of hydrogen-bond acceptors (Lipinski definition) is 1. The van der Waals surface area contributed by atoms with Gasteiger partial charge in [0.05, 0.1) is 18.3 Å². The molecule has 0 unspecified atom stereocenters. The predicted octanol–water partition coefficient (Wildman–Crippen LogP) is -3.04. The third-order valence-corrected chi connectivity index (χ3v) is 5.37. The van der Waals surface area contributed by atoms with Crippen molar-refractivity contribution in [1.29, 1.82) is 0 Å². The second-order valence-corrected chi connectivity index (χ2v) is 8.15. The highest BCUT2D eigenvalue weighted by Gasteiger charge is 2.02. The molecule has 30 heavy (non-hydrogen) atoms. The quantitative estimate of drug-likeness (QED) is 0.146. The van der Waals surface area contributed by atoms with Crippen LogP contribution in [0.25, 0.3) is 0 Å². The van der Waals surface area contributed by atoms with Gasteiger partial charge in [0.15, 0.2) is 24.8 Å². The number of aromatic nitrogens is 2. The van der Waals surface area contributed by atoms with Crippen molar-refractivity contribution in [3.63, 3.8) is 0 Å². The fourth-order valence-electron chi connectivity index (χ4n) is 2.28.